The quantitative estimate of drug-likeness (QED) is 0.768. The van der Waals surface area contributed by atoms with Crippen LogP contribution in [0.25, 0.3) is 10.9 Å². The number of aromatic nitrogens is 1. The standard InChI is InChI=1S/C14H8BrCl2NO2/c15-7-1-2-11-8(3-7)9(6-18-11)14(17)5-12(19)10(16)4-13(14)20/h1-4,6,18H,5H2. The van der Waals surface area contributed by atoms with Crippen molar-refractivity contribution >= 4 is 61.6 Å². The lowest BCUT2D eigenvalue weighted by atomic mass is 9.85. The first-order valence-electron chi connectivity index (χ1n) is 5.83. The number of nitrogens with one attached hydrogen (secondary N) is 1. The number of rotatable bonds is 1. The van der Waals surface area contributed by atoms with Crippen LogP contribution in [0.5, 0.6) is 0 Å². The van der Waals surface area contributed by atoms with E-state index >= 15 is 0 Å². The Morgan fingerprint density at radius 3 is 2.80 bits per heavy atom. The van der Waals surface area contributed by atoms with Gasteiger partial charge in [0.1, 0.15) is 4.87 Å². The molecule has 1 aliphatic rings. The molecule has 2 aromatic rings. The van der Waals surface area contributed by atoms with Gasteiger partial charge in [0.25, 0.3) is 0 Å². The van der Waals surface area contributed by atoms with E-state index in [0.29, 0.717) is 5.56 Å². The molecule has 3 rings (SSSR count). The van der Waals surface area contributed by atoms with Gasteiger partial charge < -0.3 is 4.98 Å². The van der Waals surface area contributed by atoms with Crippen LogP contribution in [0.3, 0.4) is 0 Å². The number of H-pyrrole nitrogens is 1. The Kier molecular flexibility index (Phi) is 3.27. The van der Waals surface area contributed by atoms with Crippen LogP contribution in [0.15, 0.2) is 40.0 Å². The number of hydrogen-bond donors (Lipinski definition) is 1. The van der Waals surface area contributed by atoms with Crippen molar-refractivity contribution in [3.8, 4) is 0 Å². The Labute approximate surface area is 133 Å². The average molecular weight is 373 g/mol. The third-order valence-corrected chi connectivity index (χ3v) is 4.73. The van der Waals surface area contributed by atoms with E-state index in [1.165, 1.54) is 0 Å². The maximum absolute atomic E-state index is 12.2. The zero-order chi connectivity index (χ0) is 14.5. The van der Waals surface area contributed by atoms with E-state index in [0.717, 1.165) is 21.5 Å². The Hall–Kier alpha value is -1.10. The molecular formula is C14H8BrCl2NO2. The molecule has 0 saturated carbocycles. The smallest absolute Gasteiger partial charge is 0.183 e. The van der Waals surface area contributed by atoms with Crippen LogP contribution in [0.2, 0.25) is 0 Å². The monoisotopic (exact) mass is 371 g/mol. The van der Waals surface area contributed by atoms with Crippen molar-refractivity contribution < 1.29 is 9.59 Å². The zero-order valence-electron chi connectivity index (χ0n) is 10.0. The maximum atomic E-state index is 12.2. The normalized spacial score (nSPS) is 23.2. The molecule has 6 heteroatoms. The van der Waals surface area contributed by atoms with Gasteiger partial charge in [0.2, 0.25) is 0 Å². The first kappa shape index (κ1) is 13.9. The lowest BCUT2D eigenvalue weighted by Crippen LogP contribution is -2.35. The summed E-state index contributed by atoms with van der Waals surface area (Å²) >= 11 is 15.6. The van der Waals surface area contributed by atoms with Crippen molar-refractivity contribution in [1.82, 2.24) is 4.98 Å². The van der Waals surface area contributed by atoms with E-state index in [1.807, 2.05) is 18.2 Å². The number of benzene rings is 1. The SMILES string of the molecule is O=C1CC(Cl)(c2c[nH]c3ccc(Br)cc23)C(=O)C=C1Cl. The number of hydrogen-bond acceptors (Lipinski definition) is 2. The van der Waals surface area contributed by atoms with Crippen molar-refractivity contribution in [2.75, 3.05) is 0 Å². The van der Waals surface area contributed by atoms with E-state index < -0.39 is 4.87 Å². The Morgan fingerprint density at radius 1 is 1.30 bits per heavy atom. The molecule has 0 amide bonds. The van der Waals surface area contributed by atoms with Gasteiger partial charge in [-0.05, 0) is 18.2 Å². The molecule has 1 aliphatic carbocycles. The van der Waals surface area contributed by atoms with E-state index in [9.17, 15) is 9.59 Å². The highest BCUT2D eigenvalue weighted by Crippen LogP contribution is 2.42. The molecule has 1 N–H and O–H groups in total. The third kappa shape index (κ3) is 2.03. The summed E-state index contributed by atoms with van der Waals surface area (Å²) in [6.07, 6.45) is 2.64. The lowest BCUT2D eigenvalue weighted by Gasteiger charge is -2.26. The summed E-state index contributed by atoms with van der Waals surface area (Å²) in [7, 11) is 0. The number of ketones is 2. The highest BCUT2D eigenvalue weighted by molar-refractivity contribution is 9.10. The van der Waals surface area contributed by atoms with Gasteiger partial charge in [-0.1, -0.05) is 27.5 Å². The fourth-order valence-corrected chi connectivity index (χ4v) is 3.21. The second-order valence-corrected chi connectivity index (χ2v) is 6.62. The third-order valence-electron chi connectivity index (χ3n) is 3.39. The molecule has 1 aromatic heterocycles. The Balaban J connectivity index is 2.22. The van der Waals surface area contributed by atoms with Crippen LogP contribution in [0, 0.1) is 0 Å². The molecule has 20 heavy (non-hydrogen) atoms. The minimum Gasteiger partial charge on any atom is -0.361 e. The van der Waals surface area contributed by atoms with Gasteiger partial charge in [-0.25, -0.2) is 0 Å². The van der Waals surface area contributed by atoms with E-state index in [2.05, 4.69) is 20.9 Å². The van der Waals surface area contributed by atoms with Crippen molar-refractivity contribution in [1.29, 1.82) is 0 Å². The van der Waals surface area contributed by atoms with E-state index in [1.54, 1.807) is 6.20 Å². The highest BCUT2D eigenvalue weighted by Gasteiger charge is 2.44. The number of carbonyl (C=O) groups is 2. The summed E-state index contributed by atoms with van der Waals surface area (Å²) in [6.45, 7) is 0. The molecule has 0 saturated heterocycles. The molecule has 0 spiro atoms. The van der Waals surface area contributed by atoms with Crippen LogP contribution in [0.4, 0.5) is 0 Å². The second kappa shape index (κ2) is 4.72. The van der Waals surface area contributed by atoms with Gasteiger partial charge in [0.05, 0.1) is 5.03 Å². The van der Waals surface area contributed by atoms with Crippen molar-refractivity contribution in [2.45, 2.75) is 11.3 Å². The number of Topliss-reactive ketones (excluding diaryl/α,β-unsaturated/α-hetero) is 1. The molecule has 1 atom stereocenters. The number of allylic oxidation sites excluding steroid dienone is 2. The predicted molar refractivity (Wildman–Crippen MR) is 82.1 cm³/mol. The van der Waals surface area contributed by atoms with Crippen molar-refractivity contribution in [3.63, 3.8) is 0 Å². The van der Waals surface area contributed by atoms with E-state index in [4.69, 9.17) is 23.2 Å². The maximum Gasteiger partial charge on any atom is 0.183 e. The molecule has 0 radical (unpaired) electrons. The van der Waals surface area contributed by atoms with Crippen LogP contribution in [-0.2, 0) is 14.5 Å². The van der Waals surface area contributed by atoms with Gasteiger partial charge in [-0.3, -0.25) is 9.59 Å². The summed E-state index contributed by atoms with van der Waals surface area (Å²) in [5, 5.41) is 0.745. The number of alkyl halides is 1. The van der Waals surface area contributed by atoms with Gasteiger partial charge >= 0.3 is 0 Å². The van der Waals surface area contributed by atoms with Gasteiger partial charge in [0, 0.05) is 39.6 Å². The highest BCUT2D eigenvalue weighted by atomic mass is 79.9. The molecule has 0 aliphatic heterocycles. The summed E-state index contributed by atoms with van der Waals surface area (Å²) in [5.74, 6) is -0.699. The Morgan fingerprint density at radius 2 is 2.05 bits per heavy atom. The van der Waals surface area contributed by atoms with Crippen molar-refractivity contribution in [2.24, 2.45) is 0 Å². The largest absolute Gasteiger partial charge is 0.361 e. The molecule has 3 nitrogen and oxygen atoms in total. The Bertz CT molecular complexity index is 781. The minimum absolute atomic E-state index is 0.0627. The first-order chi connectivity index (χ1) is 9.41. The van der Waals surface area contributed by atoms with Crippen molar-refractivity contribution in [3.05, 3.63) is 45.5 Å². The predicted octanol–water partition coefficient (Wildman–Crippen LogP) is 4.03. The van der Waals surface area contributed by atoms with Gasteiger partial charge in [-0.15, -0.1) is 11.6 Å². The first-order valence-corrected chi connectivity index (χ1v) is 7.37. The minimum atomic E-state index is -1.39. The molecule has 0 fully saturated rings. The average Bonchev–Trinajstić information content (AvgIpc) is 2.80. The molecular weight excluding hydrogens is 365 g/mol. The summed E-state index contributed by atoms with van der Waals surface area (Å²) < 4.78 is 0.870. The molecule has 1 unspecified atom stereocenters. The van der Waals surface area contributed by atoms with Crippen LogP contribution >= 0.6 is 39.1 Å². The number of halogens is 3. The van der Waals surface area contributed by atoms with Crippen LogP contribution in [0.1, 0.15) is 12.0 Å². The molecule has 1 heterocycles. The summed E-state index contributed by atoms with van der Waals surface area (Å²) in [6, 6.07) is 5.62. The van der Waals surface area contributed by atoms with Crippen LogP contribution < -0.4 is 0 Å². The van der Waals surface area contributed by atoms with E-state index in [-0.39, 0.29) is 23.0 Å². The lowest BCUT2D eigenvalue weighted by molar-refractivity contribution is -0.123. The summed E-state index contributed by atoms with van der Waals surface area (Å²) in [4.78, 5) is 25.7. The number of carbonyl (C=O) groups excluding carboxylic acids is 2. The molecule has 0 bridgehead atoms. The topological polar surface area (TPSA) is 49.9 Å². The summed E-state index contributed by atoms with van der Waals surface area (Å²) in [5.41, 5.74) is 1.44. The van der Waals surface area contributed by atoms with Gasteiger partial charge in [-0.2, -0.15) is 0 Å². The van der Waals surface area contributed by atoms with Crippen LogP contribution in [-0.4, -0.2) is 16.6 Å². The number of aromatic amines is 1. The molecule has 102 valence electrons. The fourth-order valence-electron chi connectivity index (χ4n) is 2.35. The van der Waals surface area contributed by atoms with Gasteiger partial charge in [0.15, 0.2) is 11.6 Å². The molecule has 1 aromatic carbocycles. The fraction of sp³-hybridized carbons (Fsp3) is 0.143. The zero-order valence-corrected chi connectivity index (χ0v) is 13.1. The number of fused-ring (bicyclic) bond motifs is 1. The second-order valence-electron chi connectivity index (χ2n) is 4.65.